The van der Waals surface area contributed by atoms with Crippen molar-refractivity contribution in [3.05, 3.63) is 0 Å². The van der Waals surface area contributed by atoms with Crippen LogP contribution in [0.3, 0.4) is 0 Å². The van der Waals surface area contributed by atoms with Crippen molar-refractivity contribution >= 4 is 26.4 Å². The van der Waals surface area contributed by atoms with Crippen LogP contribution < -0.4 is 0 Å². The maximum atomic E-state index is 3.34. The van der Waals surface area contributed by atoms with Gasteiger partial charge in [0.05, 0.1) is 0 Å². The van der Waals surface area contributed by atoms with Crippen molar-refractivity contribution < 1.29 is 0 Å². The van der Waals surface area contributed by atoms with Gasteiger partial charge in [-0.2, -0.15) is 0 Å². The Kier molecular flexibility index (Phi) is 19.7. The fourth-order valence-electron chi connectivity index (χ4n) is 4.34. The first-order valence-electron chi connectivity index (χ1n) is 13.2. The molecule has 0 amide bonds. The molecule has 0 aliphatic rings. The van der Waals surface area contributed by atoms with E-state index in [1.165, 1.54) is 121 Å². The molecule has 0 saturated carbocycles. The Bertz CT molecular complexity index is 310. The first-order chi connectivity index (χ1) is 13.9. The molecule has 0 nitrogen and oxygen atoms in total. The van der Waals surface area contributed by atoms with E-state index in [2.05, 4.69) is 53.1 Å². The molecule has 0 N–H and O–H groups in total. The van der Waals surface area contributed by atoms with Crippen molar-refractivity contribution in [1.82, 2.24) is 0 Å². The molecular formula is C26H57P3. The third-order valence-corrected chi connectivity index (χ3v) is 11.2. The van der Waals surface area contributed by atoms with Crippen molar-refractivity contribution in [3.8, 4) is 0 Å². The highest BCUT2D eigenvalue weighted by atomic mass is 31.1. The molecule has 0 bridgehead atoms. The Balaban J connectivity index is 4.89. The molecule has 0 spiro atoms. The largest absolute Gasteiger partial charge is 0.131 e. The zero-order valence-corrected chi connectivity index (χ0v) is 24.2. The summed E-state index contributed by atoms with van der Waals surface area (Å²) in [5.41, 5.74) is 0. The van der Waals surface area contributed by atoms with Crippen LogP contribution >= 0.6 is 26.4 Å². The standard InChI is InChI=1S/C26H57P3/c1-6-11-16-25(27,17-12-7-2)20-23-29(22-15-10-5)24-21-26(28,18-13-8-3)19-14-9-4/h6-24,27-28H2,1-5H3. The molecule has 2 atom stereocenters. The summed E-state index contributed by atoms with van der Waals surface area (Å²) in [7, 11) is 6.91. The van der Waals surface area contributed by atoms with Crippen LogP contribution in [-0.2, 0) is 0 Å². The summed E-state index contributed by atoms with van der Waals surface area (Å²) in [6, 6.07) is 0. The predicted molar refractivity (Wildman–Crippen MR) is 149 cm³/mol. The van der Waals surface area contributed by atoms with E-state index in [1.54, 1.807) is 0 Å². The zero-order chi connectivity index (χ0) is 22.0. The molecule has 0 aliphatic heterocycles. The minimum atomic E-state index is 0.218. The zero-order valence-electron chi connectivity index (χ0n) is 21.0. The van der Waals surface area contributed by atoms with E-state index < -0.39 is 0 Å². The van der Waals surface area contributed by atoms with Gasteiger partial charge in [-0.1, -0.05) is 92.4 Å². The molecule has 3 heteroatoms. The minimum absolute atomic E-state index is 0.218. The summed E-state index contributed by atoms with van der Waals surface area (Å²) < 4.78 is 0. The molecule has 0 fully saturated rings. The quantitative estimate of drug-likeness (QED) is 0.149. The molecule has 0 aromatic rings. The van der Waals surface area contributed by atoms with Gasteiger partial charge >= 0.3 is 0 Å². The molecule has 0 aromatic heterocycles. The predicted octanol–water partition coefficient (Wildman–Crippen LogP) is 10.0. The second-order valence-electron chi connectivity index (χ2n) is 9.83. The normalized spacial score (nSPS) is 12.8. The van der Waals surface area contributed by atoms with Crippen LogP contribution in [0.25, 0.3) is 0 Å². The first-order valence-corrected chi connectivity index (χ1v) is 16.2. The number of rotatable bonds is 21. The van der Waals surface area contributed by atoms with Gasteiger partial charge in [0.1, 0.15) is 0 Å². The van der Waals surface area contributed by atoms with Crippen LogP contribution in [0.2, 0.25) is 0 Å². The fourth-order valence-corrected chi connectivity index (χ4v) is 8.89. The van der Waals surface area contributed by atoms with E-state index in [-0.39, 0.29) is 7.92 Å². The second-order valence-corrected chi connectivity index (χ2v) is 15.0. The van der Waals surface area contributed by atoms with Gasteiger partial charge < -0.3 is 0 Å². The Morgan fingerprint density at radius 1 is 0.448 bits per heavy atom. The van der Waals surface area contributed by atoms with Crippen LogP contribution in [0.1, 0.15) is 137 Å². The average molecular weight is 463 g/mol. The summed E-state index contributed by atoms with van der Waals surface area (Å²) >= 11 is 0. The van der Waals surface area contributed by atoms with Gasteiger partial charge in [-0.25, -0.2) is 0 Å². The van der Waals surface area contributed by atoms with Gasteiger partial charge in [0.15, 0.2) is 0 Å². The summed E-state index contributed by atoms with van der Waals surface area (Å²) in [5, 5.41) is 1.06. The molecule has 176 valence electrons. The smallest absolute Gasteiger partial charge is 0.0147 e. The highest BCUT2D eigenvalue weighted by molar-refractivity contribution is 7.57. The van der Waals surface area contributed by atoms with Gasteiger partial charge in [-0.3, -0.25) is 0 Å². The van der Waals surface area contributed by atoms with Crippen LogP contribution in [0.5, 0.6) is 0 Å². The van der Waals surface area contributed by atoms with Gasteiger partial charge in [-0.15, -0.1) is 26.4 Å². The Hall–Kier alpha value is 1.29. The van der Waals surface area contributed by atoms with Crippen LogP contribution in [0, 0.1) is 0 Å². The average Bonchev–Trinajstić information content (AvgIpc) is 2.73. The van der Waals surface area contributed by atoms with Gasteiger partial charge in [0, 0.05) is 0 Å². The van der Waals surface area contributed by atoms with Gasteiger partial charge in [-0.05, 0) is 73.7 Å². The molecule has 0 rings (SSSR count). The highest BCUT2D eigenvalue weighted by Gasteiger charge is 2.27. The first kappa shape index (κ1) is 30.3. The van der Waals surface area contributed by atoms with Crippen molar-refractivity contribution in [1.29, 1.82) is 0 Å². The highest BCUT2D eigenvalue weighted by Crippen LogP contribution is 2.47. The van der Waals surface area contributed by atoms with Gasteiger partial charge in [0.2, 0.25) is 0 Å². The monoisotopic (exact) mass is 462 g/mol. The van der Waals surface area contributed by atoms with E-state index in [4.69, 9.17) is 0 Å². The summed E-state index contributed by atoms with van der Waals surface area (Å²) in [5.74, 6) is 0. The van der Waals surface area contributed by atoms with Crippen LogP contribution in [0.15, 0.2) is 0 Å². The minimum Gasteiger partial charge on any atom is -0.131 e. The van der Waals surface area contributed by atoms with Crippen molar-refractivity contribution in [3.63, 3.8) is 0 Å². The molecule has 0 radical (unpaired) electrons. The maximum Gasteiger partial charge on any atom is -0.0147 e. The fraction of sp³-hybridized carbons (Fsp3) is 1.00. The van der Waals surface area contributed by atoms with E-state index in [9.17, 15) is 0 Å². The Morgan fingerprint density at radius 2 is 0.759 bits per heavy atom. The molecule has 0 heterocycles. The number of hydrogen-bond donors (Lipinski definition) is 0. The third kappa shape index (κ3) is 15.7. The summed E-state index contributed by atoms with van der Waals surface area (Å²) in [6.45, 7) is 11.8. The molecule has 0 saturated heterocycles. The van der Waals surface area contributed by atoms with E-state index in [1.807, 2.05) is 0 Å². The lowest BCUT2D eigenvalue weighted by Crippen LogP contribution is -2.24. The third-order valence-electron chi connectivity index (χ3n) is 6.79. The molecule has 2 unspecified atom stereocenters. The SMILES string of the molecule is CCCCP(CCC(P)(CCCC)CCCC)CCC(P)(CCCC)CCCC. The lowest BCUT2D eigenvalue weighted by molar-refractivity contribution is 0.449. The molecule has 0 aromatic carbocycles. The molecular weight excluding hydrogens is 405 g/mol. The lowest BCUT2D eigenvalue weighted by atomic mass is 9.92. The second kappa shape index (κ2) is 18.8. The molecule has 0 aliphatic carbocycles. The van der Waals surface area contributed by atoms with Crippen molar-refractivity contribution in [2.75, 3.05) is 18.5 Å². The topological polar surface area (TPSA) is 0 Å². The van der Waals surface area contributed by atoms with E-state index in [0.717, 1.165) is 0 Å². The Labute approximate surface area is 192 Å². The lowest BCUT2D eigenvalue weighted by Gasteiger charge is -2.34. The van der Waals surface area contributed by atoms with Crippen molar-refractivity contribution in [2.24, 2.45) is 0 Å². The number of hydrogen-bond acceptors (Lipinski definition) is 0. The van der Waals surface area contributed by atoms with Crippen LogP contribution in [0.4, 0.5) is 0 Å². The maximum absolute atomic E-state index is 3.34. The van der Waals surface area contributed by atoms with E-state index in [0.29, 0.717) is 10.3 Å². The van der Waals surface area contributed by atoms with E-state index >= 15 is 0 Å². The molecule has 29 heavy (non-hydrogen) atoms. The van der Waals surface area contributed by atoms with Gasteiger partial charge in [0.25, 0.3) is 0 Å². The summed E-state index contributed by atoms with van der Waals surface area (Å²) in [6.07, 6.45) is 27.0. The Morgan fingerprint density at radius 3 is 1.03 bits per heavy atom. The van der Waals surface area contributed by atoms with Crippen molar-refractivity contribution in [2.45, 2.75) is 148 Å². The number of unbranched alkanes of at least 4 members (excludes halogenated alkanes) is 5. The summed E-state index contributed by atoms with van der Waals surface area (Å²) in [4.78, 5) is 0. The van der Waals surface area contributed by atoms with Crippen LogP contribution in [-0.4, -0.2) is 28.8 Å².